The van der Waals surface area contributed by atoms with Crippen LogP contribution in [0.4, 0.5) is 0 Å². The lowest BCUT2D eigenvalue weighted by Crippen LogP contribution is -2.18. The lowest BCUT2D eigenvalue weighted by molar-refractivity contribution is 0.183. The van der Waals surface area contributed by atoms with Crippen molar-refractivity contribution in [3.05, 3.63) is 52.9 Å². The summed E-state index contributed by atoms with van der Waals surface area (Å²) in [7, 11) is 0. The summed E-state index contributed by atoms with van der Waals surface area (Å²) in [6, 6.07) is 9.17. The molecule has 90 valence electrons. The van der Waals surface area contributed by atoms with Gasteiger partial charge in [0.2, 0.25) is 0 Å². The lowest BCUT2D eigenvalue weighted by Gasteiger charge is -2.17. The van der Waals surface area contributed by atoms with Crippen LogP contribution in [-0.2, 0) is 0 Å². The predicted molar refractivity (Wildman–Crippen MR) is 67.3 cm³/mol. The van der Waals surface area contributed by atoms with Gasteiger partial charge in [0, 0.05) is 11.6 Å². The first-order valence-electron chi connectivity index (χ1n) is 5.37. The molecule has 1 unspecified atom stereocenters. The summed E-state index contributed by atoms with van der Waals surface area (Å²) >= 11 is 5.93. The Labute approximate surface area is 105 Å². The number of hydrogen-bond acceptors (Lipinski definition) is 3. The number of benzene rings is 1. The Hall–Kier alpha value is -1.45. The van der Waals surface area contributed by atoms with Gasteiger partial charge in [-0.3, -0.25) is 0 Å². The summed E-state index contributed by atoms with van der Waals surface area (Å²) in [6.45, 7) is 2.31. The number of rotatable bonds is 4. The first-order chi connectivity index (χ1) is 8.20. The average molecular weight is 252 g/mol. The van der Waals surface area contributed by atoms with E-state index in [1.807, 2.05) is 31.2 Å². The van der Waals surface area contributed by atoms with Crippen LogP contribution in [0.2, 0.25) is 5.02 Å². The van der Waals surface area contributed by atoms with Crippen molar-refractivity contribution in [3.63, 3.8) is 0 Å². The summed E-state index contributed by atoms with van der Waals surface area (Å²) in [5, 5.41) is 0.640. The highest BCUT2D eigenvalue weighted by atomic mass is 35.5. The van der Waals surface area contributed by atoms with E-state index in [4.69, 9.17) is 26.5 Å². The smallest absolute Gasteiger partial charge is 0.168 e. The molecule has 0 spiro atoms. The molecule has 4 heteroatoms. The number of halogens is 1. The van der Waals surface area contributed by atoms with Crippen molar-refractivity contribution in [3.8, 4) is 5.75 Å². The molecule has 0 bridgehead atoms. The molecule has 17 heavy (non-hydrogen) atoms. The molecule has 0 radical (unpaired) electrons. The van der Waals surface area contributed by atoms with Gasteiger partial charge in [-0.15, -0.1) is 0 Å². The van der Waals surface area contributed by atoms with Gasteiger partial charge in [0.15, 0.2) is 6.10 Å². The van der Waals surface area contributed by atoms with Gasteiger partial charge in [0.05, 0.1) is 6.26 Å². The Morgan fingerprint density at radius 1 is 1.41 bits per heavy atom. The Morgan fingerprint density at radius 2 is 2.24 bits per heavy atom. The Morgan fingerprint density at radius 3 is 2.88 bits per heavy atom. The molecule has 2 rings (SSSR count). The van der Waals surface area contributed by atoms with E-state index in [2.05, 4.69) is 0 Å². The fraction of sp³-hybridized carbons (Fsp3) is 0.231. The molecule has 2 N–H and O–H groups in total. The number of furan rings is 1. The number of hydrogen-bond donors (Lipinski definition) is 1. The monoisotopic (exact) mass is 251 g/mol. The fourth-order valence-corrected chi connectivity index (χ4v) is 1.71. The summed E-state index contributed by atoms with van der Waals surface area (Å²) in [5.41, 5.74) is 6.70. The van der Waals surface area contributed by atoms with E-state index >= 15 is 0 Å². The van der Waals surface area contributed by atoms with Crippen molar-refractivity contribution in [2.45, 2.75) is 13.0 Å². The molecular weight excluding hydrogens is 238 g/mol. The van der Waals surface area contributed by atoms with Gasteiger partial charge >= 0.3 is 0 Å². The fourth-order valence-electron chi connectivity index (χ4n) is 1.55. The first-order valence-corrected chi connectivity index (χ1v) is 5.75. The zero-order valence-electron chi connectivity index (χ0n) is 9.52. The van der Waals surface area contributed by atoms with E-state index in [1.165, 1.54) is 0 Å². The number of ether oxygens (including phenoxy) is 1. The van der Waals surface area contributed by atoms with Crippen LogP contribution in [0.3, 0.4) is 0 Å². The largest absolute Gasteiger partial charge is 0.481 e. The van der Waals surface area contributed by atoms with E-state index < -0.39 is 0 Å². The van der Waals surface area contributed by atoms with Gasteiger partial charge in [-0.1, -0.05) is 17.7 Å². The summed E-state index contributed by atoms with van der Waals surface area (Å²) in [5.74, 6) is 1.44. The molecule has 0 saturated carbocycles. The van der Waals surface area contributed by atoms with Crippen LogP contribution < -0.4 is 10.5 Å². The average Bonchev–Trinajstić information content (AvgIpc) is 2.84. The molecule has 1 aromatic carbocycles. The molecule has 3 nitrogen and oxygen atoms in total. The maximum absolute atomic E-state index is 5.93. The minimum Gasteiger partial charge on any atom is -0.481 e. The zero-order chi connectivity index (χ0) is 12.3. The van der Waals surface area contributed by atoms with Gasteiger partial charge in [-0.2, -0.15) is 0 Å². The summed E-state index contributed by atoms with van der Waals surface area (Å²) < 4.78 is 11.1. The molecule has 2 aromatic rings. The van der Waals surface area contributed by atoms with E-state index in [-0.39, 0.29) is 6.10 Å². The minimum atomic E-state index is -0.290. The van der Waals surface area contributed by atoms with Crippen LogP contribution in [0.5, 0.6) is 5.75 Å². The van der Waals surface area contributed by atoms with Crippen LogP contribution in [0.1, 0.15) is 17.4 Å². The third-order valence-electron chi connectivity index (χ3n) is 2.49. The molecular formula is C13H14ClNO2. The van der Waals surface area contributed by atoms with Crippen LogP contribution in [-0.4, -0.2) is 6.54 Å². The van der Waals surface area contributed by atoms with Crippen LogP contribution in [0.15, 0.2) is 41.0 Å². The van der Waals surface area contributed by atoms with Crippen LogP contribution in [0.25, 0.3) is 0 Å². The maximum atomic E-state index is 5.93. The van der Waals surface area contributed by atoms with Crippen molar-refractivity contribution in [1.29, 1.82) is 0 Å². The van der Waals surface area contributed by atoms with Crippen molar-refractivity contribution >= 4 is 11.6 Å². The number of nitrogens with two attached hydrogens (primary N) is 1. The molecule has 0 aliphatic rings. The van der Waals surface area contributed by atoms with E-state index in [0.29, 0.717) is 17.3 Å². The molecule has 0 aliphatic heterocycles. The predicted octanol–water partition coefficient (Wildman–Crippen LogP) is 3.32. The Balaban J connectivity index is 2.21. The Kier molecular flexibility index (Phi) is 3.71. The van der Waals surface area contributed by atoms with Crippen molar-refractivity contribution in [2.75, 3.05) is 6.54 Å². The van der Waals surface area contributed by atoms with Crippen molar-refractivity contribution < 1.29 is 9.15 Å². The van der Waals surface area contributed by atoms with Crippen molar-refractivity contribution in [1.82, 2.24) is 0 Å². The zero-order valence-corrected chi connectivity index (χ0v) is 10.3. The second kappa shape index (κ2) is 5.25. The standard InChI is InChI=1S/C13H14ClNO2/c1-9-4-5-10(14)7-12(9)17-13(8-15)11-3-2-6-16-11/h2-7,13H,8,15H2,1H3. The number of aryl methyl sites for hydroxylation is 1. The van der Waals surface area contributed by atoms with E-state index in [9.17, 15) is 0 Å². The third kappa shape index (κ3) is 2.81. The second-order valence-corrected chi connectivity index (χ2v) is 4.20. The summed E-state index contributed by atoms with van der Waals surface area (Å²) in [4.78, 5) is 0. The SMILES string of the molecule is Cc1ccc(Cl)cc1OC(CN)c1ccco1. The summed E-state index contributed by atoms with van der Waals surface area (Å²) in [6.07, 6.45) is 1.31. The lowest BCUT2D eigenvalue weighted by atomic mass is 10.2. The quantitative estimate of drug-likeness (QED) is 0.907. The molecule has 0 saturated heterocycles. The van der Waals surface area contributed by atoms with Gasteiger partial charge in [-0.05, 0) is 36.8 Å². The topological polar surface area (TPSA) is 48.4 Å². The third-order valence-corrected chi connectivity index (χ3v) is 2.73. The maximum Gasteiger partial charge on any atom is 0.168 e. The molecule has 0 amide bonds. The van der Waals surface area contributed by atoms with Crippen LogP contribution in [0, 0.1) is 6.92 Å². The highest BCUT2D eigenvalue weighted by Gasteiger charge is 2.15. The molecule has 0 fully saturated rings. The highest BCUT2D eigenvalue weighted by molar-refractivity contribution is 6.30. The van der Waals surface area contributed by atoms with Gasteiger partial charge in [0.1, 0.15) is 11.5 Å². The van der Waals surface area contributed by atoms with E-state index in [0.717, 1.165) is 11.3 Å². The van der Waals surface area contributed by atoms with Gasteiger partial charge in [-0.25, -0.2) is 0 Å². The van der Waals surface area contributed by atoms with Crippen molar-refractivity contribution in [2.24, 2.45) is 5.73 Å². The molecule has 0 aliphatic carbocycles. The first kappa shape index (κ1) is 12.0. The highest BCUT2D eigenvalue weighted by Crippen LogP contribution is 2.27. The molecule has 1 atom stereocenters. The van der Waals surface area contributed by atoms with Gasteiger partial charge in [0.25, 0.3) is 0 Å². The van der Waals surface area contributed by atoms with Gasteiger partial charge < -0.3 is 14.9 Å². The minimum absolute atomic E-state index is 0.290. The molecule has 1 aromatic heterocycles. The second-order valence-electron chi connectivity index (χ2n) is 3.77. The van der Waals surface area contributed by atoms with E-state index in [1.54, 1.807) is 12.3 Å². The Bertz CT molecular complexity index is 482. The normalized spacial score (nSPS) is 12.4. The van der Waals surface area contributed by atoms with Crippen LogP contribution >= 0.6 is 11.6 Å². The molecule has 1 heterocycles.